The first kappa shape index (κ1) is 13.1. The van der Waals surface area contributed by atoms with Crippen molar-refractivity contribution in [1.82, 2.24) is 9.88 Å². The minimum atomic E-state index is -4.37. The van der Waals surface area contributed by atoms with Gasteiger partial charge in [0.25, 0.3) is 0 Å². The van der Waals surface area contributed by atoms with Gasteiger partial charge < -0.3 is 10.2 Å². The smallest absolute Gasteiger partial charge is 0.380 e. The average Bonchev–Trinajstić information content (AvgIpc) is 2.57. The Morgan fingerprint density at radius 2 is 2.11 bits per heavy atom. The molecule has 6 heteroatoms. The van der Waals surface area contributed by atoms with Crippen LogP contribution in [0.2, 0.25) is 0 Å². The SMILES string of the molecule is CC1CC(Nc2ccc(C(F)(F)F)nc2)CN1C. The molecule has 2 unspecified atom stereocenters. The Labute approximate surface area is 104 Å². The number of likely N-dealkylation sites (tertiary alicyclic amines) is 1. The van der Waals surface area contributed by atoms with Crippen molar-refractivity contribution in [3.05, 3.63) is 24.0 Å². The summed E-state index contributed by atoms with van der Waals surface area (Å²) in [7, 11) is 2.04. The molecule has 100 valence electrons. The van der Waals surface area contributed by atoms with Gasteiger partial charge in [0.1, 0.15) is 5.69 Å². The van der Waals surface area contributed by atoms with Gasteiger partial charge in [-0.1, -0.05) is 0 Å². The van der Waals surface area contributed by atoms with Crippen LogP contribution in [0.15, 0.2) is 18.3 Å². The summed E-state index contributed by atoms with van der Waals surface area (Å²) >= 11 is 0. The van der Waals surface area contributed by atoms with Crippen LogP contribution >= 0.6 is 0 Å². The van der Waals surface area contributed by atoms with Crippen molar-refractivity contribution in [2.45, 2.75) is 31.6 Å². The second kappa shape index (κ2) is 4.76. The monoisotopic (exact) mass is 259 g/mol. The first-order valence-electron chi connectivity index (χ1n) is 5.86. The molecular weight excluding hydrogens is 243 g/mol. The highest BCUT2D eigenvalue weighted by atomic mass is 19.4. The predicted molar refractivity (Wildman–Crippen MR) is 63.4 cm³/mol. The number of nitrogens with zero attached hydrogens (tertiary/aromatic N) is 2. The van der Waals surface area contributed by atoms with Crippen molar-refractivity contribution in [1.29, 1.82) is 0 Å². The maximum absolute atomic E-state index is 12.3. The van der Waals surface area contributed by atoms with Gasteiger partial charge in [0.05, 0.1) is 11.9 Å². The molecular formula is C12H16F3N3. The summed E-state index contributed by atoms with van der Waals surface area (Å²) in [6, 6.07) is 3.19. The van der Waals surface area contributed by atoms with Crippen LogP contribution in [0.4, 0.5) is 18.9 Å². The van der Waals surface area contributed by atoms with Crippen LogP contribution in [-0.4, -0.2) is 35.6 Å². The van der Waals surface area contributed by atoms with Gasteiger partial charge in [-0.15, -0.1) is 0 Å². The van der Waals surface area contributed by atoms with Crippen LogP contribution in [0.5, 0.6) is 0 Å². The largest absolute Gasteiger partial charge is 0.433 e. The Kier molecular flexibility index (Phi) is 3.47. The number of halogens is 3. The number of hydrogen-bond acceptors (Lipinski definition) is 3. The molecule has 0 saturated carbocycles. The highest BCUT2D eigenvalue weighted by Crippen LogP contribution is 2.28. The van der Waals surface area contributed by atoms with Gasteiger partial charge in [0.15, 0.2) is 0 Å². The molecule has 0 radical (unpaired) electrons. The zero-order chi connectivity index (χ0) is 13.3. The normalized spacial score (nSPS) is 25.4. The van der Waals surface area contributed by atoms with Crippen molar-refractivity contribution < 1.29 is 13.2 Å². The molecule has 2 rings (SSSR count). The summed E-state index contributed by atoms with van der Waals surface area (Å²) in [6.07, 6.45) is -2.15. The van der Waals surface area contributed by atoms with Crippen molar-refractivity contribution in [2.24, 2.45) is 0 Å². The van der Waals surface area contributed by atoms with Crippen LogP contribution in [0, 0.1) is 0 Å². The number of alkyl halides is 3. The highest BCUT2D eigenvalue weighted by molar-refractivity contribution is 5.42. The van der Waals surface area contributed by atoms with Gasteiger partial charge in [-0.3, -0.25) is 0 Å². The van der Waals surface area contributed by atoms with E-state index in [9.17, 15) is 13.2 Å². The Bertz CT molecular complexity index is 392. The minimum absolute atomic E-state index is 0.267. The summed E-state index contributed by atoms with van der Waals surface area (Å²) in [5.41, 5.74) is -0.222. The quantitative estimate of drug-likeness (QED) is 0.885. The van der Waals surface area contributed by atoms with Crippen LogP contribution in [-0.2, 0) is 6.18 Å². The van der Waals surface area contributed by atoms with Crippen LogP contribution < -0.4 is 5.32 Å². The molecule has 0 amide bonds. The molecule has 1 saturated heterocycles. The molecule has 0 aliphatic carbocycles. The number of nitrogens with one attached hydrogen (secondary N) is 1. The van der Waals surface area contributed by atoms with Gasteiger partial charge in [-0.05, 0) is 32.5 Å². The lowest BCUT2D eigenvalue weighted by Gasteiger charge is -2.14. The van der Waals surface area contributed by atoms with E-state index >= 15 is 0 Å². The topological polar surface area (TPSA) is 28.2 Å². The van der Waals surface area contributed by atoms with E-state index in [1.54, 1.807) is 0 Å². The van der Waals surface area contributed by atoms with E-state index in [4.69, 9.17) is 0 Å². The minimum Gasteiger partial charge on any atom is -0.380 e. The molecule has 0 spiro atoms. The summed E-state index contributed by atoms with van der Waals surface area (Å²) in [5.74, 6) is 0. The molecule has 2 heterocycles. The molecule has 0 bridgehead atoms. The van der Waals surface area contributed by atoms with Gasteiger partial charge in [-0.2, -0.15) is 13.2 Å². The lowest BCUT2D eigenvalue weighted by atomic mass is 10.2. The summed E-state index contributed by atoms with van der Waals surface area (Å²) in [5, 5.41) is 3.21. The molecule has 18 heavy (non-hydrogen) atoms. The standard InChI is InChI=1S/C12H16F3N3/c1-8-5-10(7-18(8)2)17-9-3-4-11(16-6-9)12(13,14)15/h3-4,6,8,10,17H,5,7H2,1-2H3. The molecule has 3 nitrogen and oxygen atoms in total. The van der Waals surface area contributed by atoms with E-state index in [1.807, 2.05) is 7.05 Å². The van der Waals surface area contributed by atoms with Crippen molar-refractivity contribution in [3.63, 3.8) is 0 Å². The number of likely N-dealkylation sites (N-methyl/N-ethyl adjacent to an activating group) is 1. The van der Waals surface area contributed by atoms with Crippen LogP contribution in [0.1, 0.15) is 19.0 Å². The Balaban J connectivity index is 1.99. The number of hydrogen-bond donors (Lipinski definition) is 1. The van der Waals surface area contributed by atoms with E-state index in [-0.39, 0.29) is 6.04 Å². The van der Waals surface area contributed by atoms with Crippen LogP contribution in [0.25, 0.3) is 0 Å². The maximum atomic E-state index is 12.3. The number of aromatic nitrogens is 1. The Morgan fingerprint density at radius 1 is 1.39 bits per heavy atom. The third-order valence-electron chi connectivity index (χ3n) is 3.31. The summed E-state index contributed by atoms with van der Waals surface area (Å²) < 4.78 is 37.0. The zero-order valence-corrected chi connectivity index (χ0v) is 10.3. The molecule has 1 aromatic heterocycles. The average molecular weight is 259 g/mol. The first-order chi connectivity index (χ1) is 8.36. The first-order valence-corrected chi connectivity index (χ1v) is 5.86. The van der Waals surface area contributed by atoms with E-state index in [0.717, 1.165) is 19.0 Å². The lowest BCUT2D eigenvalue weighted by molar-refractivity contribution is -0.141. The second-order valence-electron chi connectivity index (χ2n) is 4.80. The molecule has 2 atom stereocenters. The van der Waals surface area contributed by atoms with E-state index in [2.05, 4.69) is 22.1 Å². The number of rotatable bonds is 2. The fourth-order valence-corrected chi connectivity index (χ4v) is 2.18. The fraction of sp³-hybridized carbons (Fsp3) is 0.583. The van der Waals surface area contributed by atoms with Gasteiger partial charge in [0, 0.05) is 18.6 Å². The van der Waals surface area contributed by atoms with Crippen molar-refractivity contribution in [2.75, 3.05) is 18.9 Å². The zero-order valence-electron chi connectivity index (χ0n) is 10.3. The molecule has 1 N–H and O–H groups in total. The van der Waals surface area contributed by atoms with Crippen LogP contribution in [0.3, 0.4) is 0 Å². The second-order valence-corrected chi connectivity index (χ2v) is 4.80. The van der Waals surface area contributed by atoms with Crippen molar-refractivity contribution in [3.8, 4) is 0 Å². The van der Waals surface area contributed by atoms with E-state index < -0.39 is 11.9 Å². The summed E-state index contributed by atoms with van der Waals surface area (Å²) in [6.45, 7) is 3.02. The van der Waals surface area contributed by atoms with Crippen molar-refractivity contribution >= 4 is 5.69 Å². The third-order valence-corrected chi connectivity index (χ3v) is 3.31. The third kappa shape index (κ3) is 2.93. The molecule has 0 aromatic carbocycles. The molecule has 1 aromatic rings. The predicted octanol–water partition coefficient (Wildman–Crippen LogP) is 2.60. The Hall–Kier alpha value is -1.30. The Morgan fingerprint density at radius 3 is 2.56 bits per heavy atom. The van der Waals surface area contributed by atoms with E-state index in [0.29, 0.717) is 11.7 Å². The number of anilines is 1. The lowest BCUT2D eigenvalue weighted by Crippen LogP contribution is -2.25. The van der Waals surface area contributed by atoms with E-state index in [1.165, 1.54) is 12.3 Å². The fourth-order valence-electron chi connectivity index (χ4n) is 2.18. The van der Waals surface area contributed by atoms with Gasteiger partial charge in [0.2, 0.25) is 0 Å². The maximum Gasteiger partial charge on any atom is 0.433 e. The van der Waals surface area contributed by atoms with Gasteiger partial charge in [-0.25, -0.2) is 4.98 Å². The molecule has 1 fully saturated rings. The highest BCUT2D eigenvalue weighted by Gasteiger charge is 2.32. The number of pyridine rings is 1. The summed E-state index contributed by atoms with van der Waals surface area (Å²) in [4.78, 5) is 5.65. The molecule has 1 aliphatic rings. The van der Waals surface area contributed by atoms with Gasteiger partial charge >= 0.3 is 6.18 Å². The molecule has 1 aliphatic heterocycles.